The largest absolute Gasteiger partial charge is 0.461 e. The Hall–Kier alpha value is -2.60. The molecule has 0 radical (unpaired) electrons. The highest BCUT2D eigenvalue weighted by atomic mass is 32.1. The molecule has 0 spiro atoms. The summed E-state index contributed by atoms with van der Waals surface area (Å²) in [6, 6.07) is 14.0. The van der Waals surface area contributed by atoms with Gasteiger partial charge in [0.25, 0.3) is 0 Å². The van der Waals surface area contributed by atoms with E-state index in [0.29, 0.717) is 18.8 Å². The number of esters is 1. The first kappa shape index (κ1) is 16.3. The minimum atomic E-state index is -0.383. The molecule has 0 fully saturated rings. The predicted octanol–water partition coefficient (Wildman–Crippen LogP) is 3.85. The van der Waals surface area contributed by atoms with Crippen molar-refractivity contribution in [2.75, 3.05) is 11.5 Å². The summed E-state index contributed by atoms with van der Waals surface area (Å²) >= 11 is 1.67. The second kappa shape index (κ2) is 7.79. The van der Waals surface area contributed by atoms with Crippen molar-refractivity contribution >= 4 is 23.1 Å². The van der Waals surface area contributed by atoms with Crippen LogP contribution < -0.4 is 4.90 Å². The van der Waals surface area contributed by atoms with Crippen LogP contribution in [0.5, 0.6) is 0 Å². The van der Waals surface area contributed by atoms with Crippen molar-refractivity contribution in [3.8, 4) is 0 Å². The molecule has 1 N–H and O–H groups in total. The lowest BCUT2D eigenvalue weighted by Crippen LogP contribution is -2.22. The Bertz CT molecular complexity index is 769. The normalized spacial score (nSPS) is 10.5. The van der Waals surface area contributed by atoms with Gasteiger partial charge in [-0.15, -0.1) is 0 Å². The van der Waals surface area contributed by atoms with E-state index in [4.69, 9.17) is 4.74 Å². The number of thiophene rings is 1. The van der Waals surface area contributed by atoms with Crippen molar-refractivity contribution in [1.29, 1.82) is 0 Å². The maximum absolute atomic E-state index is 11.8. The van der Waals surface area contributed by atoms with Gasteiger partial charge in [0.15, 0.2) is 5.82 Å². The lowest BCUT2D eigenvalue weighted by atomic mass is 10.2. The van der Waals surface area contributed by atoms with Gasteiger partial charge in [0.2, 0.25) is 0 Å². The molecule has 0 aliphatic heterocycles. The number of nitrogens with zero attached hydrogens (tertiary/aromatic N) is 2. The van der Waals surface area contributed by atoms with E-state index in [0.717, 1.165) is 12.4 Å². The zero-order chi connectivity index (χ0) is 16.8. The minimum Gasteiger partial charge on any atom is -0.461 e. The van der Waals surface area contributed by atoms with Gasteiger partial charge in [-0.05, 0) is 34.9 Å². The van der Waals surface area contributed by atoms with Crippen LogP contribution in [0.25, 0.3) is 0 Å². The van der Waals surface area contributed by atoms with Crippen LogP contribution in [-0.2, 0) is 17.8 Å². The van der Waals surface area contributed by atoms with Gasteiger partial charge in [-0.1, -0.05) is 30.3 Å². The lowest BCUT2D eigenvalue weighted by molar-refractivity contribution is 0.0519. The van der Waals surface area contributed by atoms with E-state index in [9.17, 15) is 4.79 Å². The number of ether oxygens (including phenoxy) is 1. The molecule has 124 valence electrons. The molecule has 0 bridgehead atoms. The summed E-state index contributed by atoms with van der Waals surface area (Å²) in [4.78, 5) is 14.0. The highest BCUT2D eigenvalue weighted by Crippen LogP contribution is 2.20. The van der Waals surface area contributed by atoms with E-state index < -0.39 is 0 Å². The van der Waals surface area contributed by atoms with Gasteiger partial charge in [0.05, 0.1) is 6.61 Å². The number of H-pyrrole nitrogens is 1. The molecular formula is C18H19N3O2S. The number of hydrogen-bond donors (Lipinski definition) is 1. The zero-order valence-corrected chi connectivity index (χ0v) is 14.3. The Kier molecular flexibility index (Phi) is 5.28. The summed E-state index contributed by atoms with van der Waals surface area (Å²) in [6.45, 7) is 3.57. The van der Waals surface area contributed by atoms with Gasteiger partial charge >= 0.3 is 5.97 Å². The van der Waals surface area contributed by atoms with Crippen molar-refractivity contribution in [3.63, 3.8) is 0 Å². The number of carbonyl (C=O) groups excluding carboxylic acids is 1. The van der Waals surface area contributed by atoms with E-state index in [1.807, 2.05) is 18.2 Å². The van der Waals surface area contributed by atoms with Gasteiger partial charge < -0.3 is 9.64 Å². The third-order valence-corrected chi connectivity index (χ3v) is 4.29. The average Bonchev–Trinajstić information content (AvgIpc) is 3.27. The molecule has 3 rings (SSSR count). The number of aromatic amines is 1. The first-order valence-electron chi connectivity index (χ1n) is 7.78. The predicted molar refractivity (Wildman–Crippen MR) is 95.2 cm³/mol. The second-order valence-electron chi connectivity index (χ2n) is 5.33. The molecular weight excluding hydrogens is 322 g/mol. The number of rotatable bonds is 7. The van der Waals surface area contributed by atoms with Gasteiger partial charge in [0.1, 0.15) is 5.69 Å². The molecule has 6 heteroatoms. The molecule has 5 nitrogen and oxygen atoms in total. The summed E-state index contributed by atoms with van der Waals surface area (Å²) in [6.07, 6.45) is 0. The third-order valence-electron chi connectivity index (χ3n) is 3.55. The van der Waals surface area contributed by atoms with Gasteiger partial charge in [-0.3, -0.25) is 5.10 Å². The molecule has 2 aromatic heterocycles. The van der Waals surface area contributed by atoms with E-state index in [-0.39, 0.29) is 5.97 Å². The minimum absolute atomic E-state index is 0.343. The van der Waals surface area contributed by atoms with Gasteiger partial charge in [-0.25, -0.2) is 4.79 Å². The van der Waals surface area contributed by atoms with Crippen LogP contribution in [0.2, 0.25) is 0 Å². The maximum Gasteiger partial charge on any atom is 0.356 e. The average molecular weight is 341 g/mol. The van der Waals surface area contributed by atoms with Crippen molar-refractivity contribution in [1.82, 2.24) is 10.2 Å². The Labute approximate surface area is 144 Å². The van der Waals surface area contributed by atoms with Crippen molar-refractivity contribution in [2.24, 2.45) is 0 Å². The highest BCUT2D eigenvalue weighted by Gasteiger charge is 2.16. The second-order valence-corrected chi connectivity index (χ2v) is 6.11. The van der Waals surface area contributed by atoms with Crippen LogP contribution in [0.4, 0.5) is 5.82 Å². The number of carbonyl (C=O) groups is 1. The van der Waals surface area contributed by atoms with E-state index in [2.05, 4.69) is 44.1 Å². The fraction of sp³-hybridized carbons (Fsp3) is 0.222. The Morgan fingerprint density at radius 2 is 2.00 bits per heavy atom. The molecule has 0 saturated carbocycles. The quantitative estimate of drug-likeness (QED) is 0.663. The molecule has 24 heavy (non-hydrogen) atoms. The monoisotopic (exact) mass is 341 g/mol. The number of nitrogens with one attached hydrogen (secondary N) is 1. The number of anilines is 1. The summed E-state index contributed by atoms with van der Waals surface area (Å²) in [7, 11) is 0. The molecule has 0 aliphatic rings. The lowest BCUT2D eigenvalue weighted by Gasteiger charge is -2.21. The van der Waals surface area contributed by atoms with Crippen LogP contribution in [0.3, 0.4) is 0 Å². The fourth-order valence-corrected chi connectivity index (χ4v) is 3.07. The first-order valence-corrected chi connectivity index (χ1v) is 8.73. The fourth-order valence-electron chi connectivity index (χ4n) is 2.41. The summed E-state index contributed by atoms with van der Waals surface area (Å²) < 4.78 is 5.02. The van der Waals surface area contributed by atoms with Gasteiger partial charge in [-0.2, -0.15) is 16.4 Å². The molecule has 0 amide bonds. The topological polar surface area (TPSA) is 58.2 Å². The summed E-state index contributed by atoms with van der Waals surface area (Å²) in [5, 5.41) is 11.3. The van der Waals surface area contributed by atoms with Crippen LogP contribution in [0.15, 0.2) is 53.2 Å². The summed E-state index contributed by atoms with van der Waals surface area (Å²) in [5.41, 5.74) is 2.78. The highest BCUT2D eigenvalue weighted by molar-refractivity contribution is 7.07. The Balaban J connectivity index is 1.82. The maximum atomic E-state index is 11.8. The zero-order valence-electron chi connectivity index (χ0n) is 13.4. The molecule has 0 unspecified atom stereocenters. The summed E-state index contributed by atoms with van der Waals surface area (Å²) in [5.74, 6) is 0.347. The first-order chi connectivity index (χ1) is 11.8. The smallest absolute Gasteiger partial charge is 0.356 e. The van der Waals surface area contributed by atoms with E-state index in [1.54, 1.807) is 24.3 Å². The van der Waals surface area contributed by atoms with E-state index in [1.165, 1.54) is 11.1 Å². The standard InChI is InChI=1S/C18H19N3O2S/c1-2-23-18(22)16-10-17(20-19-16)21(12-15-8-9-24-13-15)11-14-6-4-3-5-7-14/h3-10,13H,2,11-12H2,1H3,(H,19,20). The van der Waals surface area contributed by atoms with Gasteiger partial charge in [0, 0.05) is 19.2 Å². The molecule has 1 aromatic carbocycles. The SMILES string of the molecule is CCOC(=O)c1cc(N(Cc2ccccc2)Cc2ccsc2)n[nH]1. The van der Waals surface area contributed by atoms with Crippen molar-refractivity contribution in [2.45, 2.75) is 20.0 Å². The number of aromatic nitrogens is 2. The molecule has 3 aromatic rings. The molecule has 0 saturated heterocycles. The van der Waals surface area contributed by atoms with Crippen LogP contribution >= 0.6 is 11.3 Å². The molecule has 0 atom stereocenters. The Morgan fingerprint density at radius 1 is 1.21 bits per heavy atom. The van der Waals surface area contributed by atoms with Crippen LogP contribution in [0, 0.1) is 0 Å². The third kappa shape index (κ3) is 4.02. The number of hydrogen-bond acceptors (Lipinski definition) is 5. The van der Waals surface area contributed by atoms with E-state index >= 15 is 0 Å². The van der Waals surface area contributed by atoms with Crippen molar-refractivity contribution in [3.05, 3.63) is 70.0 Å². The molecule has 0 aliphatic carbocycles. The van der Waals surface area contributed by atoms with Crippen LogP contribution in [-0.4, -0.2) is 22.8 Å². The molecule has 2 heterocycles. The Morgan fingerprint density at radius 3 is 2.71 bits per heavy atom. The van der Waals surface area contributed by atoms with Crippen LogP contribution in [0.1, 0.15) is 28.5 Å². The van der Waals surface area contributed by atoms with Crippen molar-refractivity contribution < 1.29 is 9.53 Å². The number of benzene rings is 1.